The van der Waals surface area contributed by atoms with Crippen molar-refractivity contribution in [1.29, 1.82) is 0 Å². The Labute approximate surface area is 187 Å². The summed E-state index contributed by atoms with van der Waals surface area (Å²) in [4.78, 5) is 41.0. The van der Waals surface area contributed by atoms with Crippen LogP contribution in [0.3, 0.4) is 0 Å². The fourth-order valence-corrected chi connectivity index (χ4v) is 4.35. The standard InChI is InChI=1S/C22H21FN4O4S/c23-16-3-1-14(2-4-16)20(28)15-7-9-25(10-8-15)11-12-26-21(29)18-6-5-17(27(30)31)13-19(18)24-22(26)32/h1-6,13,15H,7-12H2,(H,24,32). The van der Waals surface area contributed by atoms with Gasteiger partial charge in [-0.3, -0.25) is 24.3 Å². The predicted octanol–water partition coefficient (Wildman–Crippen LogP) is 3.70. The van der Waals surface area contributed by atoms with Gasteiger partial charge in [-0.2, -0.15) is 0 Å². The third-order valence-electron chi connectivity index (χ3n) is 5.90. The number of halogens is 1. The summed E-state index contributed by atoms with van der Waals surface area (Å²) in [5.74, 6) is -0.428. The molecule has 1 aromatic heterocycles. The summed E-state index contributed by atoms with van der Waals surface area (Å²) in [6.07, 6.45) is 1.39. The highest BCUT2D eigenvalue weighted by Crippen LogP contribution is 2.22. The van der Waals surface area contributed by atoms with E-state index < -0.39 is 4.92 Å². The van der Waals surface area contributed by atoms with Crippen molar-refractivity contribution >= 4 is 34.6 Å². The van der Waals surface area contributed by atoms with Crippen molar-refractivity contribution in [2.45, 2.75) is 19.4 Å². The zero-order chi connectivity index (χ0) is 22.8. The summed E-state index contributed by atoms with van der Waals surface area (Å²) in [6.45, 7) is 2.39. The molecule has 1 fully saturated rings. The summed E-state index contributed by atoms with van der Waals surface area (Å²) < 4.78 is 14.8. The number of ketones is 1. The highest BCUT2D eigenvalue weighted by Gasteiger charge is 2.25. The van der Waals surface area contributed by atoms with Gasteiger partial charge in [-0.25, -0.2) is 4.39 Å². The van der Waals surface area contributed by atoms with E-state index in [9.17, 15) is 24.1 Å². The molecule has 0 bridgehead atoms. The number of nitro groups is 1. The quantitative estimate of drug-likeness (QED) is 0.263. The van der Waals surface area contributed by atoms with Crippen LogP contribution >= 0.6 is 12.2 Å². The summed E-state index contributed by atoms with van der Waals surface area (Å²) in [7, 11) is 0. The molecule has 10 heteroatoms. The maximum absolute atomic E-state index is 13.1. The lowest BCUT2D eigenvalue weighted by Gasteiger charge is -2.31. The van der Waals surface area contributed by atoms with E-state index in [4.69, 9.17) is 12.2 Å². The minimum atomic E-state index is -0.522. The fourth-order valence-electron chi connectivity index (χ4n) is 4.07. The molecule has 0 atom stereocenters. The second-order valence-corrected chi connectivity index (χ2v) is 8.25. The molecule has 2 heterocycles. The first-order valence-electron chi connectivity index (χ1n) is 10.3. The predicted molar refractivity (Wildman–Crippen MR) is 120 cm³/mol. The van der Waals surface area contributed by atoms with Crippen LogP contribution in [0.4, 0.5) is 10.1 Å². The molecule has 8 nitrogen and oxygen atoms in total. The third-order valence-corrected chi connectivity index (χ3v) is 6.23. The molecule has 0 radical (unpaired) electrons. The smallest absolute Gasteiger partial charge is 0.271 e. The molecule has 0 unspecified atom stereocenters. The van der Waals surface area contributed by atoms with E-state index in [0.29, 0.717) is 55.5 Å². The Bertz CT molecular complexity index is 1290. The highest BCUT2D eigenvalue weighted by atomic mass is 32.1. The van der Waals surface area contributed by atoms with Gasteiger partial charge >= 0.3 is 0 Å². The van der Waals surface area contributed by atoms with Gasteiger partial charge in [0.2, 0.25) is 0 Å². The lowest BCUT2D eigenvalue weighted by molar-refractivity contribution is -0.384. The summed E-state index contributed by atoms with van der Waals surface area (Å²) in [5.41, 5.74) is 0.461. The first-order chi connectivity index (χ1) is 15.3. The maximum atomic E-state index is 13.1. The van der Waals surface area contributed by atoms with Crippen molar-refractivity contribution in [2.75, 3.05) is 19.6 Å². The molecule has 1 N–H and O–H groups in total. The van der Waals surface area contributed by atoms with Crippen LogP contribution in [-0.2, 0) is 6.54 Å². The Kier molecular flexibility index (Phi) is 6.24. The molecule has 0 amide bonds. The molecule has 3 aromatic rings. The zero-order valence-electron chi connectivity index (χ0n) is 17.1. The van der Waals surface area contributed by atoms with E-state index in [2.05, 4.69) is 9.88 Å². The van der Waals surface area contributed by atoms with Crippen LogP contribution in [-0.4, -0.2) is 44.8 Å². The lowest BCUT2D eigenvalue weighted by atomic mass is 9.89. The molecule has 166 valence electrons. The van der Waals surface area contributed by atoms with Gasteiger partial charge < -0.3 is 9.88 Å². The number of non-ortho nitro benzene ring substituents is 1. The van der Waals surface area contributed by atoms with Gasteiger partial charge in [0, 0.05) is 36.7 Å². The molecule has 1 aliphatic heterocycles. The van der Waals surface area contributed by atoms with Crippen LogP contribution in [0, 0.1) is 26.6 Å². The second-order valence-electron chi connectivity index (χ2n) is 7.86. The van der Waals surface area contributed by atoms with E-state index in [1.807, 2.05) is 0 Å². The molecule has 0 aliphatic carbocycles. The fraction of sp³-hybridized carbons (Fsp3) is 0.318. The number of H-pyrrole nitrogens is 1. The molecular weight excluding hydrogens is 435 g/mol. The van der Waals surface area contributed by atoms with Crippen molar-refractivity contribution in [3.63, 3.8) is 0 Å². The Balaban J connectivity index is 1.40. The number of nitro benzene ring substituents is 1. The molecule has 0 saturated carbocycles. The van der Waals surface area contributed by atoms with E-state index in [0.717, 1.165) is 0 Å². The Morgan fingerprint density at radius 2 is 1.84 bits per heavy atom. The largest absolute Gasteiger partial charge is 0.331 e. The van der Waals surface area contributed by atoms with Crippen molar-refractivity contribution < 1.29 is 14.1 Å². The van der Waals surface area contributed by atoms with Crippen LogP contribution in [0.1, 0.15) is 23.2 Å². The van der Waals surface area contributed by atoms with Crippen LogP contribution in [0.2, 0.25) is 0 Å². The number of benzene rings is 2. The van der Waals surface area contributed by atoms with E-state index in [1.54, 1.807) is 0 Å². The van der Waals surface area contributed by atoms with Gasteiger partial charge in [-0.1, -0.05) is 0 Å². The first-order valence-corrected chi connectivity index (χ1v) is 10.7. The van der Waals surface area contributed by atoms with Gasteiger partial charge in [0.05, 0.1) is 15.8 Å². The minimum absolute atomic E-state index is 0.0342. The molecule has 1 saturated heterocycles. The summed E-state index contributed by atoms with van der Waals surface area (Å²) in [6, 6.07) is 9.67. The summed E-state index contributed by atoms with van der Waals surface area (Å²) in [5, 5.41) is 11.3. The number of hydrogen-bond acceptors (Lipinski definition) is 6. The number of hydrogen-bond donors (Lipinski definition) is 1. The number of rotatable bonds is 6. The Morgan fingerprint density at radius 1 is 1.16 bits per heavy atom. The third kappa shape index (κ3) is 4.51. The number of aromatic amines is 1. The Hall–Kier alpha value is -3.24. The highest BCUT2D eigenvalue weighted by molar-refractivity contribution is 7.71. The van der Waals surface area contributed by atoms with E-state index in [1.165, 1.54) is 47.0 Å². The molecule has 32 heavy (non-hydrogen) atoms. The van der Waals surface area contributed by atoms with Gasteiger partial charge in [0.1, 0.15) is 5.82 Å². The summed E-state index contributed by atoms with van der Waals surface area (Å²) >= 11 is 5.31. The Morgan fingerprint density at radius 3 is 2.50 bits per heavy atom. The van der Waals surface area contributed by atoms with Crippen LogP contribution in [0.25, 0.3) is 10.9 Å². The molecule has 4 rings (SSSR count). The average Bonchev–Trinajstić information content (AvgIpc) is 2.79. The number of aromatic nitrogens is 2. The second kappa shape index (κ2) is 9.09. The number of Topliss-reactive ketones (excluding diaryl/α,β-unsaturated/α-hetero) is 1. The maximum Gasteiger partial charge on any atom is 0.271 e. The monoisotopic (exact) mass is 456 g/mol. The van der Waals surface area contributed by atoms with Gasteiger partial charge in [0.25, 0.3) is 11.2 Å². The van der Waals surface area contributed by atoms with Crippen molar-refractivity contribution in [3.8, 4) is 0 Å². The average molecular weight is 456 g/mol. The topological polar surface area (TPSA) is 101 Å². The molecule has 1 aliphatic rings. The number of piperidine rings is 1. The van der Waals surface area contributed by atoms with Crippen LogP contribution in [0.15, 0.2) is 47.3 Å². The number of carbonyl (C=O) groups is 1. The van der Waals surface area contributed by atoms with Gasteiger partial charge in [0.15, 0.2) is 10.6 Å². The molecule has 0 spiro atoms. The minimum Gasteiger partial charge on any atom is -0.331 e. The van der Waals surface area contributed by atoms with E-state index in [-0.39, 0.29) is 33.5 Å². The zero-order valence-corrected chi connectivity index (χ0v) is 17.9. The van der Waals surface area contributed by atoms with Crippen molar-refractivity contribution in [3.05, 3.63) is 79.1 Å². The number of carbonyl (C=O) groups excluding carboxylic acids is 1. The van der Waals surface area contributed by atoms with Crippen LogP contribution in [0.5, 0.6) is 0 Å². The van der Waals surface area contributed by atoms with Gasteiger partial charge in [-0.05, 0) is 68.5 Å². The molecule has 2 aromatic carbocycles. The normalized spacial score (nSPS) is 15.2. The van der Waals surface area contributed by atoms with Crippen molar-refractivity contribution in [1.82, 2.24) is 14.5 Å². The first kappa shape index (κ1) is 22.0. The lowest BCUT2D eigenvalue weighted by Crippen LogP contribution is -2.39. The van der Waals surface area contributed by atoms with Crippen molar-refractivity contribution in [2.24, 2.45) is 5.92 Å². The number of nitrogens with one attached hydrogen (secondary N) is 1. The van der Waals surface area contributed by atoms with Gasteiger partial charge in [-0.15, -0.1) is 0 Å². The number of fused-ring (bicyclic) bond motifs is 1. The molecular formula is C22H21FN4O4S. The SMILES string of the molecule is O=C(c1ccc(F)cc1)C1CCN(CCn2c(=S)[nH]c3cc([N+](=O)[O-])ccc3c2=O)CC1. The van der Waals surface area contributed by atoms with Crippen LogP contribution < -0.4 is 5.56 Å². The number of nitrogens with zero attached hydrogens (tertiary/aromatic N) is 3. The van der Waals surface area contributed by atoms with E-state index >= 15 is 0 Å². The number of likely N-dealkylation sites (tertiary alicyclic amines) is 1.